The highest BCUT2D eigenvalue weighted by Crippen LogP contribution is 2.15. The van der Waals surface area contributed by atoms with Crippen LogP contribution in [0.1, 0.15) is 11.5 Å². The number of amides is 1. The van der Waals surface area contributed by atoms with Gasteiger partial charge in [-0.05, 0) is 5.56 Å². The van der Waals surface area contributed by atoms with Crippen LogP contribution in [0, 0.1) is 0 Å². The Labute approximate surface area is 118 Å². The van der Waals surface area contributed by atoms with E-state index in [2.05, 4.69) is 5.32 Å². The van der Waals surface area contributed by atoms with Crippen LogP contribution in [-0.4, -0.2) is 37.9 Å². The van der Waals surface area contributed by atoms with E-state index < -0.39 is 15.8 Å². The minimum atomic E-state index is -3.11. The molecule has 0 fully saturated rings. The van der Waals surface area contributed by atoms with Gasteiger partial charge in [-0.3, -0.25) is 4.79 Å². The molecule has 1 unspecified atom stereocenters. The highest BCUT2D eigenvalue weighted by Gasteiger charge is 2.23. The largest absolute Gasteiger partial charge is 0.392 e. The molecule has 1 atom stereocenters. The summed E-state index contributed by atoms with van der Waals surface area (Å²) in [5.41, 5.74) is 6.27. The summed E-state index contributed by atoms with van der Waals surface area (Å²) in [6, 6.07) is 8.89. The third-order valence-corrected chi connectivity index (χ3v) is 3.63. The smallest absolute Gasteiger partial charge is 0.234 e. The van der Waals surface area contributed by atoms with E-state index in [4.69, 9.17) is 18.0 Å². The molecule has 1 aromatic carbocycles. The molecule has 1 aromatic rings. The van der Waals surface area contributed by atoms with Crippen molar-refractivity contribution in [3.8, 4) is 0 Å². The van der Waals surface area contributed by atoms with Gasteiger partial charge in [0.05, 0.1) is 10.7 Å². The molecule has 19 heavy (non-hydrogen) atoms. The van der Waals surface area contributed by atoms with Crippen molar-refractivity contribution in [2.45, 2.75) is 5.92 Å². The molecule has 0 aliphatic heterocycles. The van der Waals surface area contributed by atoms with Gasteiger partial charge < -0.3 is 11.1 Å². The lowest BCUT2D eigenvalue weighted by molar-refractivity contribution is -0.120. The number of carbonyl (C=O) groups excluding carboxylic acids is 1. The second-order valence-corrected chi connectivity index (χ2v) is 6.90. The molecule has 7 heteroatoms. The zero-order chi connectivity index (χ0) is 14.5. The lowest BCUT2D eigenvalue weighted by Gasteiger charge is -2.15. The molecule has 1 rings (SSSR count). The zero-order valence-electron chi connectivity index (χ0n) is 10.5. The Hall–Kier alpha value is -1.47. The Morgan fingerprint density at radius 1 is 1.37 bits per heavy atom. The average Bonchev–Trinajstić information content (AvgIpc) is 2.28. The molecule has 0 aliphatic carbocycles. The Morgan fingerprint density at radius 2 is 1.95 bits per heavy atom. The van der Waals surface area contributed by atoms with Crippen LogP contribution in [0.15, 0.2) is 30.3 Å². The van der Waals surface area contributed by atoms with E-state index in [1.165, 1.54) is 0 Å². The quantitative estimate of drug-likeness (QED) is 0.734. The standard InChI is InChI=1S/C12H16N2O3S2/c1-19(16,17)8-7-14-12(15)10(11(13)18)9-5-3-2-4-6-9/h2-6,10H,7-8H2,1H3,(H2,13,18)(H,14,15). The first kappa shape index (κ1) is 15.6. The minimum absolute atomic E-state index is 0.0453. The summed E-state index contributed by atoms with van der Waals surface area (Å²) in [5, 5.41) is 2.53. The van der Waals surface area contributed by atoms with Gasteiger partial charge >= 0.3 is 0 Å². The van der Waals surface area contributed by atoms with Gasteiger partial charge in [-0.15, -0.1) is 0 Å². The van der Waals surface area contributed by atoms with Gasteiger partial charge in [-0.2, -0.15) is 0 Å². The lowest BCUT2D eigenvalue weighted by Crippen LogP contribution is -2.38. The average molecular weight is 300 g/mol. The van der Waals surface area contributed by atoms with Crippen molar-refractivity contribution in [3.05, 3.63) is 35.9 Å². The van der Waals surface area contributed by atoms with Gasteiger partial charge in [0.15, 0.2) is 0 Å². The molecule has 0 aliphatic rings. The zero-order valence-corrected chi connectivity index (χ0v) is 12.1. The number of rotatable bonds is 6. The first-order chi connectivity index (χ1) is 8.81. The highest BCUT2D eigenvalue weighted by molar-refractivity contribution is 7.90. The molecular weight excluding hydrogens is 284 g/mol. The van der Waals surface area contributed by atoms with Crippen molar-refractivity contribution in [1.29, 1.82) is 0 Å². The third-order valence-electron chi connectivity index (χ3n) is 2.45. The van der Waals surface area contributed by atoms with E-state index in [0.717, 1.165) is 6.26 Å². The Balaban J connectivity index is 2.73. The second-order valence-electron chi connectivity index (χ2n) is 4.17. The fourth-order valence-corrected chi connectivity index (χ4v) is 2.27. The van der Waals surface area contributed by atoms with E-state index in [-0.39, 0.29) is 23.2 Å². The number of carbonyl (C=O) groups is 1. The van der Waals surface area contributed by atoms with Crippen LogP contribution in [0.4, 0.5) is 0 Å². The number of nitrogens with two attached hydrogens (primary N) is 1. The van der Waals surface area contributed by atoms with Crippen LogP contribution in [0.25, 0.3) is 0 Å². The molecule has 3 N–H and O–H groups in total. The van der Waals surface area contributed by atoms with E-state index in [1.54, 1.807) is 24.3 Å². The predicted octanol–water partition coefficient (Wildman–Crippen LogP) is 0.217. The van der Waals surface area contributed by atoms with Crippen molar-refractivity contribution in [1.82, 2.24) is 5.32 Å². The molecule has 104 valence electrons. The maximum atomic E-state index is 12.0. The summed E-state index contributed by atoms with van der Waals surface area (Å²) < 4.78 is 22.0. The first-order valence-corrected chi connectivity index (χ1v) is 8.08. The van der Waals surface area contributed by atoms with Gasteiger partial charge in [0.1, 0.15) is 15.8 Å². The molecular formula is C12H16N2O3S2. The van der Waals surface area contributed by atoms with Crippen LogP contribution in [0.5, 0.6) is 0 Å². The predicted molar refractivity (Wildman–Crippen MR) is 78.7 cm³/mol. The van der Waals surface area contributed by atoms with Gasteiger partial charge in [-0.1, -0.05) is 42.5 Å². The third kappa shape index (κ3) is 5.35. The van der Waals surface area contributed by atoms with Crippen molar-refractivity contribution in [2.24, 2.45) is 5.73 Å². The summed E-state index contributed by atoms with van der Waals surface area (Å²) in [6.07, 6.45) is 1.11. The lowest BCUT2D eigenvalue weighted by atomic mass is 9.98. The summed E-state index contributed by atoms with van der Waals surface area (Å²) in [6.45, 7) is 0.0453. The maximum Gasteiger partial charge on any atom is 0.234 e. The molecule has 0 radical (unpaired) electrons. The first-order valence-electron chi connectivity index (χ1n) is 5.61. The summed E-state index contributed by atoms with van der Waals surface area (Å²) in [7, 11) is -3.11. The number of sulfone groups is 1. The molecule has 0 saturated heterocycles. The van der Waals surface area contributed by atoms with Gasteiger partial charge in [0.2, 0.25) is 5.91 Å². The van der Waals surface area contributed by atoms with E-state index in [1.807, 2.05) is 6.07 Å². The van der Waals surface area contributed by atoms with Gasteiger partial charge in [0.25, 0.3) is 0 Å². The van der Waals surface area contributed by atoms with Crippen molar-refractivity contribution < 1.29 is 13.2 Å². The number of nitrogens with one attached hydrogen (secondary N) is 1. The molecule has 0 saturated carbocycles. The monoisotopic (exact) mass is 300 g/mol. The van der Waals surface area contributed by atoms with Gasteiger partial charge in [-0.25, -0.2) is 8.42 Å². The van der Waals surface area contributed by atoms with Crippen molar-refractivity contribution >= 4 is 33.0 Å². The Bertz CT molecular complexity index is 556. The van der Waals surface area contributed by atoms with Crippen LogP contribution < -0.4 is 11.1 Å². The Morgan fingerprint density at radius 3 is 2.42 bits per heavy atom. The minimum Gasteiger partial charge on any atom is -0.392 e. The summed E-state index contributed by atoms with van der Waals surface area (Å²) in [5.74, 6) is -1.24. The summed E-state index contributed by atoms with van der Waals surface area (Å²) in [4.78, 5) is 12.1. The van der Waals surface area contributed by atoms with E-state index >= 15 is 0 Å². The number of benzene rings is 1. The second kappa shape index (κ2) is 6.63. The molecule has 5 nitrogen and oxygen atoms in total. The topological polar surface area (TPSA) is 89.3 Å². The van der Waals surface area contributed by atoms with E-state index in [9.17, 15) is 13.2 Å². The van der Waals surface area contributed by atoms with Crippen LogP contribution >= 0.6 is 12.2 Å². The normalized spacial score (nSPS) is 12.7. The molecule has 0 spiro atoms. The van der Waals surface area contributed by atoms with Crippen LogP contribution in [0.3, 0.4) is 0 Å². The molecule has 0 aromatic heterocycles. The Kier molecular flexibility index (Phi) is 5.44. The van der Waals surface area contributed by atoms with Crippen molar-refractivity contribution in [3.63, 3.8) is 0 Å². The SMILES string of the molecule is CS(=O)(=O)CCNC(=O)C(C(N)=S)c1ccccc1. The molecule has 1 amide bonds. The fourth-order valence-electron chi connectivity index (χ4n) is 1.55. The maximum absolute atomic E-state index is 12.0. The number of hydrogen-bond acceptors (Lipinski definition) is 4. The van der Waals surface area contributed by atoms with Crippen LogP contribution in [0.2, 0.25) is 0 Å². The number of thiocarbonyl (C=S) groups is 1. The summed E-state index contributed by atoms with van der Waals surface area (Å²) >= 11 is 4.90. The number of hydrogen-bond donors (Lipinski definition) is 2. The molecule has 0 heterocycles. The fraction of sp³-hybridized carbons (Fsp3) is 0.333. The van der Waals surface area contributed by atoms with E-state index in [0.29, 0.717) is 5.56 Å². The highest BCUT2D eigenvalue weighted by atomic mass is 32.2. The molecule has 0 bridgehead atoms. The van der Waals surface area contributed by atoms with Crippen LogP contribution in [-0.2, 0) is 14.6 Å². The van der Waals surface area contributed by atoms with Crippen molar-refractivity contribution in [2.75, 3.05) is 18.6 Å². The van der Waals surface area contributed by atoms with Gasteiger partial charge in [0, 0.05) is 12.8 Å².